The number of aliphatic hydroxyl groups is 1. The van der Waals surface area contributed by atoms with Crippen LogP contribution in [0.4, 0.5) is 0 Å². The Balaban J connectivity index is 3.25. The van der Waals surface area contributed by atoms with Gasteiger partial charge in [-0.05, 0) is 37.0 Å². The molecule has 0 aliphatic rings. The minimum Gasteiger partial charge on any atom is -0.479 e. The first-order valence-electron chi connectivity index (χ1n) is 4.95. The average Bonchev–Trinajstić information content (AvgIpc) is 2.20. The minimum atomic E-state index is -1.77. The summed E-state index contributed by atoms with van der Waals surface area (Å²) in [4.78, 5) is 11.0. The van der Waals surface area contributed by atoms with Gasteiger partial charge >= 0.3 is 5.97 Å². The lowest BCUT2D eigenvalue weighted by atomic mass is 9.89. The number of carboxylic acid groups (broad SMARTS) is 1. The molecular weight excluding hydrogens is 192 g/mol. The monoisotopic (exact) mass is 208 g/mol. The smallest absolute Gasteiger partial charge is 0.340 e. The Morgan fingerprint density at radius 3 is 2.33 bits per heavy atom. The van der Waals surface area contributed by atoms with Crippen molar-refractivity contribution < 1.29 is 15.0 Å². The zero-order valence-electron chi connectivity index (χ0n) is 9.24. The second-order valence-electron chi connectivity index (χ2n) is 3.82. The van der Waals surface area contributed by atoms with Crippen LogP contribution in [0, 0.1) is 13.8 Å². The van der Waals surface area contributed by atoms with E-state index in [1.165, 1.54) is 0 Å². The van der Waals surface area contributed by atoms with Gasteiger partial charge in [0.1, 0.15) is 0 Å². The SMILES string of the molecule is CCC(O)(C(=O)O)c1ccc(C)c(C)c1. The van der Waals surface area contributed by atoms with E-state index >= 15 is 0 Å². The number of rotatable bonds is 3. The highest BCUT2D eigenvalue weighted by Gasteiger charge is 2.35. The van der Waals surface area contributed by atoms with Crippen LogP contribution in [0.3, 0.4) is 0 Å². The third-order valence-corrected chi connectivity index (χ3v) is 2.85. The van der Waals surface area contributed by atoms with Gasteiger partial charge in [-0.15, -0.1) is 0 Å². The van der Waals surface area contributed by atoms with Crippen molar-refractivity contribution in [1.29, 1.82) is 0 Å². The van der Waals surface area contributed by atoms with Crippen LogP contribution in [-0.2, 0) is 10.4 Å². The van der Waals surface area contributed by atoms with Crippen LogP contribution in [0.15, 0.2) is 18.2 Å². The number of carbonyl (C=O) groups is 1. The van der Waals surface area contributed by atoms with E-state index in [4.69, 9.17) is 5.11 Å². The molecule has 0 radical (unpaired) electrons. The summed E-state index contributed by atoms with van der Waals surface area (Å²) >= 11 is 0. The van der Waals surface area contributed by atoms with Crippen LogP contribution in [0.5, 0.6) is 0 Å². The Morgan fingerprint density at radius 1 is 1.33 bits per heavy atom. The number of benzene rings is 1. The lowest BCUT2D eigenvalue weighted by Crippen LogP contribution is -2.34. The van der Waals surface area contributed by atoms with Gasteiger partial charge in [-0.2, -0.15) is 0 Å². The zero-order valence-corrected chi connectivity index (χ0v) is 9.24. The van der Waals surface area contributed by atoms with Crippen LogP contribution < -0.4 is 0 Å². The fourth-order valence-corrected chi connectivity index (χ4v) is 1.48. The molecule has 0 saturated heterocycles. The molecule has 0 fully saturated rings. The van der Waals surface area contributed by atoms with E-state index in [-0.39, 0.29) is 6.42 Å². The fraction of sp³-hybridized carbons (Fsp3) is 0.417. The summed E-state index contributed by atoms with van der Waals surface area (Å²) in [7, 11) is 0. The van der Waals surface area contributed by atoms with E-state index in [1.807, 2.05) is 19.9 Å². The van der Waals surface area contributed by atoms with Gasteiger partial charge in [-0.1, -0.05) is 25.1 Å². The molecule has 82 valence electrons. The summed E-state index contributed by atoms with van der Waals surface area (Å²) < 4.78 is 0. The van der Waals surface area contributed by atoms with Crippen molar-refractivity contribution in [3.63, 3.8) is 0 Å². The van der Waals surface area contributed by atoms with Gasteiger partial charge in [0, 0.05) is 0 Å². The third kappa shape index (κ3) is 2.02. The van der Waals surface area contributed by atoms with E-state index < -0.39 is 11.6 Å². The van der Waals surface area contributed by atoms with Crippen LogP contribution >= 0.6 is 0 Å². The molecule has 0 bridgehead atoms. The molecule has 0 heterocycles. The van der Waals surface area contributed by atoms with Gasteiger partial charge < -0.3 is 10.2 Å². The lowest BCUT2D eigenvalue weighted by molar-refractivity contribution is -0.160. The average molecular weight is 208 g/mol. The fourth-order valence-electron chi connectivity index (χ4n) is 1.48. The molecule has 1 unspecified atom stereocenters. The standard InChI is InChI=1S/C12H16O3/c1-4-12(15,11(13)14)10-6-5-8(2)9(3)7-10/h5-7,15H,4H2,1-3H3,(H,13,14). The minimum absolute atomic E-state index is 0.158. The topological polar surface area (TPSA) is 57.5 Å². The Labute approximate surface area is 89.4 Å². The molecule has 3 heteroatoms. The third-order valence-electron chi connectivity index (χ3n) is 2.85. The van der Waals surface area contributed by atoms with Crippen LogP contribution in [0.1, 0.15) is 30.0 Å². The molecule has 0 aliphatic heterocycles. The van der Waals surface area contributed by atoms with E-state index in [2.05, 4.69) is 0 Å². The molecule has 0 aliphatic carbocycles. The molecule has 1 aromatic rings. The van der Waals surface area contributed by atoms with Crippen molar-refractivity contribution in [2.75, 3.05) is 0 Å². The number of carboxylic acids is 1. The van der Waals surface area contributed by atoms with Crippen molar-refractivity contribution in [3.8, 4) is 0 Å². The van der Waals surface area contributed by atoms with Crippen molar-refractivity contribution in [2.24, 2.45) is 0 Å². The second-order valence-corrected chi connectivity index (χ2v) is 3.82. The van der Waals surface area contributed by atoms with Crippen molar-refractivity contribution >= 4 is 5.97 Å². The predicted octanol–water partition coefficient (Wildman–Crippen LogP) is 1.99. The summed E-state index contributed by atoms with van der Waals surface area (Å²) in [6.45, 7) is 5.50. The molecule has 1 aromatic carbocycles. The first-order chi connectivity index (χ1) is 6.91. The highest BCUT2D eigenvalue weighted by molar-refractivity contribution is 5.79. The Bertz CT molecular complexity index is 384. The lowest BCUT2D eigenvalue weighted by Gasteiger charge is -2.22. The maximum absolute atomic E-state index is 11.0. The Hall–Kier alpha value is -1.35. The van der Waals surface area contributed by atoms with Crippen LogP contribution in [-0.4, -0.2) is 16.2 Å². The second kappa shape index (κ2) is 4.03. The van der Waals surface area contributed by atoms with Crippen molar-refractivity contribution in [3.05, 3.63) is 34.9 Å². The molecule has 3 nitrogen and oxygen atoms in total. The summed E-state index contributed by atoms with van der Waals surface area (Å²) in [5, 5.41) is 19.0. The molecule has 15 heavy (non-hydrogen) atoms. The first-order valence-corrected chi connectivity index (χ1v) is 4.95. The van der Waals surface area contributed by atoms with Gasteiger partial charge in [0.25, 0.3) is 0 Å². The molecule has 2 N–H and O–H groups in total. The van der Waals surface area contributed by atoms with E-state index in [0.29, 0.717) is 5.56 Å². The number of aryl methyl sites for hydroxylation is 2. The molecule has 0 amide bonds. The number of hydrogen-bond acceptors (Lipinski definition) is 2. The molecule has 1 rings (SSSR count). The van der Waals surface area contributed by atoms with E-state index in [9.17, 15) is 9.90 Å². The summed E-state index contributed by atoms with van der Waals surface area (Å²) in [5.74, 6) is -1.20. The molecule has 0 spiro atoms. The maximum atomic E-state index is 11.0. The van der Waals surface area contributed by atoms with Crippen molar-refractivity contribution in [1.82, 2.24) is 0 Å². The Kier molecular flexibility index (Phi) is 3.15. The van der Waals surface area contributed by atoms with Gasteiger partial charge in [0.05, 0.1) is 0 Å². The quantitative estimate of drug-likeness (QED) is 0.798. The molecule has 0 saturated carbocycles. The van der Waals surface area contributed by atoms with E-state index in [1.54, 1.807) is 19.1 Å². The number of aliphatic carboxylic acids is 1. The van der Waals surface area contributed by atoms with Gasteiger partial charge in [0.15, 0.2) is 5.60 Å². The molecular formula is C12H16O3. The summed E-state index contributed by atoms with van der Waals surface area (Å²) in [5.41, 5.74) is 0.752. The largest absolute Gasteiger partial charge is 0.479 e. The Morgan fingerprint density at radius 2 is 1.93 bits per heavy atom. The highest BCUT2D eigenvalue weighted by Crippen LogP contribution is 2.26. The normalized spacial score (nSPS) is 14.7. The van der Waals surface area contributed by atoms with Crippen molar-refractivity contribution in [2.45, 2.75) is 32.8 Å². The maximum Gasteiger partial charge on any atom is 0.340 e. The predicted molar refractivity (Wildman–Crippen MR) is 57.7 cm³/mol. The zero-order chi connectivity index (χ0) is 11.6. The summed E-state index contributed by atoms with van der Waals surface area (Å²) in [6, 6.07) is 5.22. The molecule has 0 aromatic heterocycles. The summed E-state index contributed by atoms with van der Waals surface area (Å²) in [6.07, 6.45) is 0.158. The van der Waals surface area contributed by atoms with Gasteiger partial charge in [0.2, 0.25) is 0 Å². The van der Waals surface area contributed by atoms with Gasteiger partial charge in [-0.3, -0.25) is 0 Å². The van der Waals surface area contributed by atoms with Crippen LogP contribution in [0.2, 0.25) is 0 Å². The van der Waals surface area contributed by atoms with Gasteiger partial charge in [-0.25, -0.2) is 4.79 Å². The highest BCUT2D eigenvalue weighted by atomic mass is 16.4. The first kappa shape index (κ1) is 11.7. The van der Waals surface area contributed by atoms with Crippen LogP contribution in [0.25, 0.3) is 0 Å². The number of hydrogen-bond donors (Lipinski definition) is 2. The van der Waals surface area contributed by atoms with E-state index in [0.717, 1.165) is 11.1 Å². The molecule has 1 atom stereocenters.